The zero-order chi connectivity index (χ0) is 11.1. The summed E-state index contributed by atoms with van der Waals surface area (Å²) in [5, 5.41) is 12.7. The molecule has 0 saturated carbocycles. The van der Waals surface area contributed by atoms with Crippen LogP contribution in [0.25, 0.3) is 0 Å². The molecule has 1 N–H and O–H groups in total. The van der Waals surface area contributed by atoms with Crippen LogP contribution < -0.4 is 5.32 Å². The molecule has 0 amide bonds. The first-order valence-corrected chi connectivity index (χ1v) is 5.03. The van der Waals surface area contributed by atoms with Gasteiger partial charge in [0.2, 0.25) is 0 Å². The Hall–Kier alpha value is -1.08. The molecule has 0 saturated heterocycles. The van der Waals surface area contributed by atoms with Crippen molar-refractivity contribution < 1.29 is 4.74 Å². The summed E-state index contributed by atoms with van der Waals surface area (Å²) < 4.78 is 4.90. The molecule has 1 aromatic carbocycles. The first kappa shape index (κ1) is 12.0. The minimum Gasteiger partial charge on any atom is -0.383 e. The molecule has 1 atom stereocenters. The molecule has 15 heavy (non-hydrogen) atoms. The molecule has 0 bridgehead atoms. The van der Waals surface area contributed by atoms with E-state index in [1.807, 2.05) is 12.1 Å². The second-order valence-electron chi connectivity index (χ2n) is 3.06. The predicted molar refractivity (Wildman–Crippen MR) is 59.7 cm³/mol. The van der Waals surface area contributed by atoms with Gasteiger partial charge in [0.05, 0.1) is 12.7 Å². The summed E-state index contributed by atoms with van der Waals surface area (Å²) in [5.74, 6) is 0. The van der Waals surface area contributed by atoms with Crippen molar-refractivity contribution in [2.75, 3.05) is 20.3 Å². The Bertz CT molecular complexity index is 331. The summed E-state index contributed by atoms with van der Waals surface area (Å²) >= 11 is 5.76. The van der Waals surface area contributed by atoms with E-state index in [2.05, 4.69) is 11.4 Å². The third kappa shape index (κ3) is 3.88. The third-order valence-electron chi connectivity index (χ3n) is 1.99. The molecule has 0 radical (unpaired) electrons. The van der Waals surface area contributed by atoms with Gasteiger partial charge in [-0.2, -0.15) is 5.26 Å². The third-order valence-corrected chi connectivity index (χ3v) is 2.24. The van der Waals surface area contributed by atoms with Gasteiger partial charge in [-0.05, 0) is 17.7 Å². The van der Waals surface area contributed by atoms with Gasteiger partial charge in [-0.25, -0.2) is 0 Å². The summed E-state index contributed by atoms with van der Waals surface area (Å²) in [6.45, 7) is 1.24. The average molecular weight is 225 g/mol. The van der Waals surface area contributed by atoms with Gasteiger partial charge in [0.1, 0.15) is 6.04 Å². The number of nitrogens with one attached hydrogen (secondary N) is 1. The second-order valence-corrected chi connectivity index (χ2v) is 3.50. The van der Waals surface area contributed by atoms with Crippen molar-refractivity contribution >= 4 is 11.6 Å². The molecule has 0 aliphatic carbocycles. The molecule has 0 aliphatic rings. The van der Waals surface area contributed by atoms with Crippen molar-refractivity contribution in [3.05, 3.63) is 34.9 Å². The maximum atomic E-state index is 8.96. The van der Waals surface area contributed by atoms with Crippen molar-refractivity contribution in [1.82, 2.24) is 5.32 Å². The summed E-state index contributed by atoms with van der Waals surface area (Å²) in [5.41, 5.74) is 0.915. The molecular formula is C11H13ClN2O. The zero-order valence-electron chi connectivity index (χ0n) is 8.53. The van der Waals surface area contributed by atoms with Crippen LogP contribution in [0.5, 0.6) is 0 Å². The summed E-state index contributed by atoms with van der Waals surface area (Å²) in [6.07, 6.45) is 0. The van der Waals surface area contributed by atoms with Crippen molar-refractivity contribution in [2.45, 2.75) is 6.04 Å². The molecule has 0 heterocycles. The number of ether oxygens (including phenoxy) is 1. The lowest BCUT2D eigenvalue weighted by Crippen LogP contribution is -2.23. The number of methoxy groups -OCH3 is 1. The van der Waals surface area contributed by atoms with E-state index in [1.165, 1.54) is 0 Å². The highest BCUT2D eigenvalue weighted by molar-refractivity contribution is 6.30. The maximum absolute atomic E-state index is 8.96. The normalized spacial score (nSPS) is 12.1. The predicted octanol–water partition coefficient (Wildman–Crippen LogP) is 2.14. The minimum atomic E-state index is -0.308. The van der Waals surface area contributed by atoms with Gasteiger partial charge < -0.3 is 4.74 Å². The van der Waals surface area contributed by atoms with Crippen LogP contribution in [0, 0.1) is 11.3 Å². The van der Waals surface area contributed by atoms with Gasteiger partial charge in [-0.1, -0.05) is 23.7 Å². The number of benzene rings is 1. The lowest BCUT2D eigenvalue weighted by Gasteiger charge is -2.11. The van der Waals surface area contributed by atoms with Gasteiger partial charge in [0.15, 0.2) is 0 Å². The number of halogens is 1. The topological polar surface area (TPSA) is 45.0 Å². The van der Waals surface area contributed by atoms with E-state index in [0.717, 1.165) is 5.56 Å². The smallest absolute Gasteiger partial charge is 0.121 e. The minimum absolute atomic E-state index is 0.308. The van der Waals surface area contributed by atoms with Crippen molar-refractivity contribution in [3.8, 4) is 6.07 Å². The molecule has 3 nitrogen and oxygen atoms in total. The Labute approximate surface area is 94.6 Å². The van der Waals surface area contributed by atoms with Crippen molar-refractivity contribution in [3.63, 3.8) is 0 Å². The molecule has 4 heteroatoms. The van der Waals surface area contributed by atoms with Crippen LogP contribution in [0.3, 0.4) is 0 Å². The first-order chi connectivity index (χ1) is 7.27. The van der Waals surface area contributed by atoms with E-state index in [4.69, 9.17) is 21.6 Å². The molecule has 80 valence electrons. The number of rotatable bonds is 5. The van der Waals surface area contributed by atoms with Gasteiger partial charge in [0, 0.05) is 18.7 Å². The quantitative estimate of drug-likeness (QED) is 0.780. The summed E-state index contributed by atoms with van der Waals surface area (Å²) in [6, 6.07) is 9.12. The van der Waals surface area contributed by atoms with E-state index < -0.39 is 0 Å². The number of hydrogen-bond acceptors (Lipinski definition) is 3. The molecule has 0 aromatic heterocycles. The standard InChI is InChI=1S/C11H13ClN2O/c1-15-7-6-14-11(8-13)9-2-4-10(12)5-3-9/h2-5,11,14H,6-7H2,1H3. The maximum Gasteiger partial charge on any atom is 0.121 e. The van der Waals surface area contributed by atoms with Gasteiger partial charge >= 0.3 is 0 Å². The highest BCUT2D eigenvalue weighted by Gasteiger charge is 2.08. The highest BCUT2D eigenvalue weighted by atomic mass is 35.5. The Kier molecular flexibility index (Phi) is 5.13. The Balaban J connectivity index is 2.59. The Morgan fingerprint density at radius 3 is 2.67 bits per heavy atom. The van der Waals surface area contributed by atoms with Crippen LogP contribution >= 0.6 is 11.6 Å². The van der Waals surface area contributed by atoms with Gasteiger partial charge in [-0.3, -0.25) is 5.32 Å². The highest BCUT2D eigenvalue weighted by Crippen LogP contribution is 2.15. The van der Waals surface area contributed by atoms with E-state index in [0.29, 0.717) is 18.2 Å². The molecule has 1 rings (SSSR count). The lowest BCUT2D eigenvalue weighted by molar-refractivity contribution is 0.198. The van der Waals surface area contributed by atoms with Crippen LogP contribution in [-0.4, -0.2) is 20.3 Å². The number of nitriles is 1. The van der Waals surface area contributed by atoms with E-state index in [9.17, 15) is 0 Å². The van der Waals surface area contributed by atoms with Crippen LogP contribution in [-0.2, 0) is 4.74 Å². The summed E-state index contributed by atoms with van der Waals surface area (Å²) in [4.78, 5) is 0. The molecule has 1 aromatic rings. The molecule has 0 aliphatic heterocycles. The van der Waals surface area contributed by atoms with E-state index in [-0.39, 0.29) is 6.04 Å². The molecule has 1 unspecified atom stereocenters. The van der Waals surface area contributed by atoms with Crippen LogP contribution in [0.2, 0.25) is 5.02 Å². The Morgan fingerprint density at radius 2 is 2.13 bits per heavy atom. The van der Waals surface area contributed by atoms with Crippen LogP contribution in [0.4, 0.5) is 0 Å². The average Bonchev–Trinajstić information content (AvgIpc) is 2.26. The van der Waals surface area contributed by atoms with Gasteiger partial charge in [0.25, 0.3) is 0 Å². The first-order valence-electron chi connectivity index (χ1n) is 4.65. The fourth-order valence-electron chi connectivity index (χ4n) is 1.20. The molecule has 0 fully saturated rings. The van der Waals surface area contributed by atoms with E-state index in [1.54, 1.807) is 19.2 Å². The zero-order valence-corrected chi connectivity index (χ0v) is 9.29. The molecule has 0 spiro atoms. The second kappa shape index (κ2) is 6.41. The molecular weight excluding hydrogens is 212 g/mol. The van der Waals surface area contributed by atoms with Gasteiger partial charge in [-0.15, -0.1) is 0 Å². The lowest BCUT2D eigenvalue weighted by atomic mass is 10.1. The van der Waals surface area contributed by atoms with Crippen molar-refractivity contribution in [2.24, 2.45) is 0 Å². The fraction of sp³-hybridized carbons (Fsp3) is 0.364. The van der Waals surface area contributed by atoms with Crippen LogP contribution in [0.1, 0.15) is 11.6 Å². The number of nitrogens with zero attached hydrogens (tertiary/aromatic N) is 1. The van der Waals surface area contributed by atoms with Crippen LogP contribution in [0.15, 0.2) is 24.3 Å². The number of hydrogen-bond donors (Lipinski definition) is 1. The monoisotopic (exact) mass is 224 g/mol. The SMILES string of the molecule is COCCNC(C#N)c1ccc(Cl)cc1. The largest absolute Gasteiger partial charge is 0.383 e. The van der Waals surface area contributed by atoms with E-state index >= 15 is 0 Å². The Morgan fingerprint density at radius 1 is 1.47 bits per heavy atom. The summed E-state index contributed by atoms with van der Waals surface area (Å²) in [7, 11) is 1.63. The fourth-order valence-corrected chi connectivity index (χ4v) is 1.32. The van der Waals surface area contributed by atoms with Crippen molar-refractivity contribution in [1.29, 1.82) is 5.26 Å².